The Kier molecular flexibility index (Phi) is 5.51. The highest BCUT2D eigenvalue weighted by Crippen LogP contribution is 2.29. The summed E-state index contributed by atoms with van der Waals surface area (Å²) in [6.07, 6.45) is 1.48. The Labute approximate surface area is 167 Å². The van der Waals surface area contributed by atoms with E-state index in [0.29, 0.717) is 27.6 Å². The lowest BCUT2D eigenvalue weighted by molar-refractivity contribution is -0.122. The Morgan fingerprint density at radius 1 is 1.07 bits per heavy atom. The highest BCUT2D eigenvalue weighted by molar-refractivity contribution is 6.39. The molecule has 1 fully saturated rings. The third-order valence-corrected chi connectivity index (χ3v) is 4.55. The summed E-state index contributed by atoms with van der Waals surface area (Å²) in [5.74, 6) is -0.766. The van der Waals surface area contributed by atoms with Gasteiger partial charge in [0.1, 0.15) is 11.3 Å². The molecule has 4 amide bonds. The van der Waals surface area contributed by atoms with Gasteiger partial charge in [0.25, 0.3) is 11.8 Å². The van der Waals surface area contributed by atoms with Gasteiger partial charge in [-0.25, -0.2) is 9.69 Å². The number of ether oxygens (including phenoxy) is 1. The van der Waals surface area contributed by atoms with E-state index in [2.05, 4.69) is 5.32 Å². The number of carbonyl (C=O) groups excluding carboxylic acids is 3. The Bertz CT molecular complexity index is 980. The minimum absolute atomic E-state index is 0.0374. The molecule has 1 aliphatic heterocycles. The number of carbonyl (C=O) groups is 3. The minimum Gasteiger partial charge on any atom is -0.491 e. The molecule has 3 rings (SSSR count). The van der Waals surface area contributed by atoms with E-state index in [1.807, 2.05) is 13.8 Å². The molecule has 0 bridgehead atoms. The van der Waals surface area contributed by atoms with Crippen LogP contribution in [0.3, 0.4) is 0 Å². The third-order valence-electron chi connectivity index (χ3n) is 4.14. The van der Waals surface area contributed by atoms with Crippen LogP contribution in [0.5, 0.6) is 5.75 Å². The molecule has 1 N–H and O–H groups in total. The molecule has 2 aromatic rings. The number of amides is 4. The van der Waals surface area contributed by atoms with Crippen LogP contribution in [0, 0.1) is 6.92 Å². The van der Waals surface area contributed by atoms with Crippen LogP contribution in [0.1, 0.15) is 25.0 Å². The quantitative estimate of drug-likeness (QED) is 0.621. The Morgan fingerprint density at radius 2 is 1.75 bits per heavy atom. The van der Waals surface area contributed by atoms with Crippen LogP contribution in [0.25, 0.3) is 6.08 Å². The van der Waals surface area contributed by atoms with Gasteiger partial charge in [0.05, 0.1) is 11.8 Å². The van der Waals surface area contributed by atoms with Crippen molar-refractivity contribution in [3.8, 4) is 5.75 Å². The van der Waals surface area contributed by atoms with E-state index in [1.165, 1.54) is 6.08 Å². The van der Waals surface area contributed by atoms with Gasteiger partial charge in [0.2, 0.25) is 0 Å². The highest BCUT2D eigenvalue weighted by atomic mass is 35.5. The number of barbiturate groups is 1. The average molecular weight is 399 g/mol. The van der Waals surface area contributed by atoms with Gasteiger partial charge in [-0.3, -0.25) is 14.9 Å². The summed E-state index contributed by atoms with van der Waals surface area (Å²) in [6.45, 7) is 5.54. The van der Waals surface area contributed by atoms with Crippen LogP contribution in [0.4, 0.5) is 10.5 Å². The van der Waals surface area contributed by atoms with Gasteiger partial charge < -0.3 is 4.74 Å². The highest BCUT2D eigenvalue weighted by Gasteiger charge is 2.37. The van der Waals surface area contributed by atoms with E-state index < -0.39 is 17.8 Å². The molecule has 0 aliphatic carbocycles. The van der Waals surface area contributed by atoms with E-state index in [1.54, 1.807) is 49.4 Å². The molecular formula is C21H19ClN2O4. The van der Waals surface area contributed by atoms with Crippen molar-refractivity contribution >= 4 is 41.2 Å². The number of imide groups is 2. The van der Waals surface area contributed by atoms with Crippen LogP contribution in [-0.4, -0.2) is 23.9 Å². The third kappa shape index (κ3) is 3.92. The molecule has 6 nitrogen and oxygen atoms in total. The summed E-state index contributed by atoms with van der Waals surface area (Å²) >= 11 is 6.11. The fraction of sp³-hybridized carbons (Fsp3) is 0.190. The summed E-state index contributed by atoms with van der Waals surface area (Å²) in [4.78, 5) is 38.4. The van der Waals surface area contributed by atoms with Gasteiger partial charge in [0, 0.05) is 5.02 Å². The molecule has 0 atom stereocenters. The van der Waals surface area contributed by atoms with Crippen molar-refractivity contribution in [1.82, 2.24) is 5.32 Å². The second kappa shape index (κ2) is 7.86. The van der Waals surface area contributed by atoms with Crippen molar-refractivity contribution in [3.05, 3.63) is 64.2 Å². The van der Waals surface area contributed by atoms with E-state index in [4.69, 9.17) is 16.3 Å². The number of rotatable bonds is 4. The lowest BCUT2D eigenvalue weighted by Gasteiger charge is -2.27. The van der Waals surface area contributed by atoms with Gasteiger partial charge in [-0.1, -0.05) is 29.8 Å². The summed E-state index contributed by atoms with van der Waals surface area (Å²) in [6, 6.07) is 11.1. The fourth-order valence-corrected chi connectivity index (χ4v) is 2.97. The van der Waals surface area contributed by atoms with Gasteiger partial charge in [-0.2, -0.15) is 0 Å². The Balaban J connectivity index is 1.96. The van der Waals surface area contributed by atoms with Crippen molar-refractivity contribution in [2.75, 3.05) is 4.90 Å². The maximum Gasteiger partial charge on any atom is 0.335 e. The zero-order valence-corrected chi connectivity index (χ0v) is 16.4. The number of urea groups is 1. The monoisotopic (exact) mass is 398 g/mol. The number of anilines is 1. The number of hydrogen-bond acceptors (Lipinski definition) is 4. The average Bonchev–Trinajstić information content (AvgIpc) is 2.63. The fourth-order valence-electron chi connectivity index (χ4n) is 2.80. The van der Waals surface area contributed by atoms with Crippen LogP contribution in [-0.2, 0) is 9.59 Å². The molecule has 0 radical (unpaired) electrons. The number of hydrogen-bond donors (Lipinski definition) is 1. The number of benzene rings is 2. The van der Waals surface area contributed by atoms with Crippen LogP contribution in [0.2, 0.25) is 5.02 Å². The lowest BCUT2D eigenvalue weighted by Crippen LogP contribution is -2.54. The Morgan fingerprint density at radius 3 is 2.39 bits per heavy atom. The van der Waals surface area contributed by atoms with E-state index in [-0.39, 0.29) is 11.7 Å². The predicted octanol–water partition coefficient (Wildman–Crippen LogP) is 4.10. The molecule has 0 spiro atoms. The molecular weight excluding hydrogens is 380 g/mol. The van der Waals surface area contributed by atoms with Crippen molar-refractivity contribution in [2.45, 2.75) is 26.9 Å². The molecule has 1 heterocycles. The number of halogens is 1. The largest absolute Gasteiger partial charge is 0.491 e. The molecule has 0 saturated carbocycles. The molecule has 1 aliphatic rings. The summed E-state index contributed by atoms with van der Waals surface area (Å²) < 4.78 is 5.58. The second-order valence-corrected chi connectivity index (χ2v) is 6.98. The SMILES string of the molecule is Cc1c(Cl)cccc1N1C(=O)NC(=O)/C(=C\c2ccc(OC(C)C)cc2)C1=O. The van der Waals surface area contributed by atoms with E-state index in [0.717, 1.165) is 4.90 Å². The normalized spacial score (nSPS) is 16.0. The van der Waals surface area contributed by atoms with Gasteiger partial charge in [0.15, 0.2) is 0 Å². The molecule has 0 aromatic heterocycles. The second-order valence-electron chi connectivity index (χ2n) is 6.58. The first-order valence-electron chi connectivity index (χ1n) is 8.71. The molecule has 7 heteroatoms. The first kappa shape index (κ1) is 19.6. The van der Waals surface area contributed by atoms with Crippen LogP contribution < -0.4 is 15.0 Å². The zero-order valence-electron chi connectivity index (χ0n) is 15.7. The molecule has 28 heavy (non-hydrogen) atoms. The molecule has 1 saturated heterocycles. The predicted molar refractivity (Wildman–Crippen MR) is 107 cm³/mol. The molecule has 2 aromatic carbocycles. The van der Waals surface area contributed by atoms with Crippen LogP contribution >= 0.6 is 11.6 Å². The van der Waals surface area contributed by atoms with E-state index in [9.17, 15) is 14.4 Å². The number of nitrogens with zero attached hydrogens (tertiary/aromatic N) is 1. The van der Waals surface area contributed by atoms with Crippen molar-refractivity contribution < 1.29 is 19.1 Å². The molecule has 0 unspecified atom stereocenters. The summed E-state index contributed by atoms with van der Waals surface area (Å²) in [7, 11) is 0. The first-order valence-corrected chi connectivity index (χ1v) is 9.09. The first-order chi connectivity index (χ1) is 13.3. The summed E-state index contributed by atoms with van der Waals surface area (Å²) in [5.41, 5.74) is 1.38. The van der Waals surface area contributed by atoms with Gasteiger partial charge in [-0.05, 0) is 62.2 Å². The Hall–Kier alpha value is -3.12. The van der Waals surface area contributed by atoms with Crippen LogP contribution in [0.15, 0.2) is 48.0 Å². The smallest absolute Gasteiger partial charge is 0.335 e. The number of nitrogens with one attached hydrogen (secondary N) is 1. The van der Waals surface area contributed by atoms with Crippen molar-refractivity contribution in [2.24, 2.45) is 0 Å². The van der Waals surface area contributed by atoms with E-state index >= 15 is 0 Å². The minimum atomic E-state index is -0.807. The maximum absolute atomic E-state index is 12.9. The van der Waals surface area contributed by atoms with Crippen molar-refractivity contribution in [3.63, 3.8) is 0 Å². The van der Waals surface area contributed by atoms with Gasteiger partial charge >= 0.3 is 6.03 Å². The van der Waals surface area contributed by atoms with Gasteiger partial charge in [-0.15, -0.1) is 0 Å². The lowest BCUT2D eigenvalue weighted by atomic mass is 10.1. The standard InChI is InChI=1S/C21H19ClN2O4/c1-12(2)28-15-9-7-14(8-10-15)11-16-19(25)23-21(27)24(20(16)26)18-6-4-5-17(22)13(18)3/h4-12H,1-3H3,(H,23,25,27)/b16-11+. The summed E-state index contributed by atoms with van der Waals surface area (Å²) in [5, 5.41) is 2.62. The zero-order chi connectivity index (χ0) is 20.4. The molecule has 144 valence electrons. The maximum atomic E-state index is 12.9. The topological polar surface area (TPSA) is 75.7 Å². The van der Waals surface area contributed by atoms with Crippen molar-refractivity contribution in [1.29, 1.82) is 0 Å².